The van der Waals surface area contributed by atoms with Gasteiger partial charge in [-0.25, -0.2) is 4.79 Å². The van der Waals surface area contributed by atoms with Crippen molar-refractivity contribution < 1.29 is 14.7 Å². The van der Waals surface area contributed by atoms with Crippen molar-refractivity contribution in [3.8, 4) is 0 Å². The third kappa shape index (κ3) is 4.03. The Morgan fingerprint density at radius 3 is 2.76 bits per heavy atom. The first kappa shape index (κ1) is 15.5. The van der Waals surface area contributed by atoms with E-state index < -0.39 is 5.97 Å². The van der Waals surface area contributed by atoms with Crippen LogP contribution in [0.2, 0.25) is 0 Å². The highest BCUT2D eigenvalue weighted by Gasteiger charge is 2.17. The van der Waals surface area contributed by atoms with Crippen LogP contribution in [0.25, 0.3) is 6.08 Å². The third-order valence-corrected chi connectivity index (χ3v) is 4.82. The van der Waals surface area contributed by atoms with E-state index >= 15 is 0 Å². The van der Waals surface area contributed by atoms with Crippen molar-refractivity contribution in [3.05, 3.63) is 50.4 Å². The van der Waals surface area contributed by atoms with Crippen LogP contribution >= 0.6 is 22.7 Å². The van der Waals surface area contributed by atoms with Gasteiger partial charge in [-0.15, -0.1) is 22.7 Å². The van der Waals surface area contributed by atoms with Crippen molar-refractivity contribution >= 4 is 40.6 Å². The van der Waals surface area contributed by atoms with Crippen LogP contribution in [0.15, 0.2) is 35.0 Å². The van der Waals surface area contributed by atoms with Gasteiger partial charge >= 0.3 is 5.97 Å². The Balaban J connectivity index is 2.13. The fourth-order valence-electron chi connectivity index (χ4n) is 1.88. The molecule has 2 N–H and O–H groups in total. The van der Waals surface area contributed by atoms with E-state index in [-0.39, 0.29) is 11.9 Å². The van der Waals surface area contributed by atoms with Crippen LogP contribution in [0.5, 0.6) is 0 Å². The SMILES string of the molecule is CCC(NC(=O)c1sccc1C=CC(=O)O)c1cccs1. The molecule has 0 spiro atoms. The molecule has 2 rings (SSSR count). The number of hydrogen-bond acceptors (Lipinski definition) is 4. The molecule has 4 nitrogen and oxygen atoms in total. The molecule has 0 bridgehead atoms. The number of carbonyl (C=O) groups excluding carboxylic acids is 1. The zero-order valence-corrected chi connectivity index (χ0v) is 13.0. The summed E-state index contributed by atoms with van der Waals surface area (Å²) in [6.45, 7) is 2.02. The first-order valence-electron chi connectivity index (χ1n) is 6.44. The molecule has 1 atom stereocenters. The minimum Gasteiger partial charge on any atom is -0.478 e. The van der Waals surface area contributed by atoms with Gasteiger partial charge < -0.3 is 10.4 Å². The summed E-state index contributed by atoms with van der Waals surface area (Å²) in [5, 5.41) is 15.4. The second-order valence-corrected chi connectivity index (χ2v) is 6.22. The predicted octanol–water partition coefficient (Wildman–Crippen LogP) is 3.79. The molecule has 2 heterocycles. The maximum atomic E-state index is 12.4. The van der Waals surface area contributed by atoms with Crippen LogP contribution in [0.4, 0.5) is 0 Å². The largest absolute Gasteiger partial charge is 0.478 e. The Labute approximate surface area is 130 Å². The van der Waals surface area contributed by atoms with Gasteiger partial charge in [0.05, 0.1) is 10.9 Å². The molecule has 0 aliphatic carbocycles. The Bertz CT molecular complexity index is 644. The van der Waals surface area contributed by atoms with Crippen molar-refractivity contribution in [2.75, 3.05) is 0 Å². The van der Waals surface area contributed by atoms with E-state index in [1.165, 1.54) is 17.4 Å². The van der Waals surface area contributed by atoms with Crippen LogP contribution in [-0.4, -0.2) is 17.0 Å². The number of carbonyl (C=O) groups is 2. The summed E-state index contributed by atoms with van der Waals surface area (Å²) in [5.41, 5.74) is 0.626. The van der Waals surface area contributed by atoms with E-state index in [1.54, 1.807) is 22.8 Å². The Morgan fingerprint density at radius 2 is 2.14 bits per heavy atom. The van der Waals surface area contributed by atoms with Gasteiger partial charge in [0.25, 0.3) is 5.91 Å². The normalized spacial score (nSPS) is 12.4. The maximum absolute atomic E-state index is 12.4. The molecule has 0 aliphatic heterocycles. The highest BCUT2D eigenvalue weighted by Crippen LogP contribution is 2.24. The summed E-state index contributed by atoms with van der Waals surface area (Å²) in [7, 11) is 0. The van der Waals surface area contributed by atoms with Gasteiger partial charge in [-0.2, -0.15) is 0 Å². The lowest BCUT2D eigenvalue weighted by molar-refractivity contribution is -0.131. The summed E-state index contributed by atoms with van der Waals surface area (Å²) < 4.78 is 0. The second-order valence-electron chi connectivity index (χ2n) is 4.33. The van der Waals surface area contributed by atoms with Crippen LogP contribution in [0.3, 0.4) is 0 Å². The molecule has 2 aromatic heterocycles. The van der Waals surface area contributed by atoms with E-state index in [1.807, 2.05) is 24.4 Å². The molecule has 1 unspecified atom stereocenters. The highest BCUT2D eigenvalue weighted by molar-refractivity contribution is 7.12. The van der Waals surface area contributed by atoms with Gasteiger partial charge in [0, 0.05) is 11.0 Å². The van der Waals surface area contributed by atoms with Crippen molar-refractivity contribution in [3.63, 3.8) is 0 Å². The molecule has 2 aromatic rings. The average Bonchev–Trinajstić information content (AvgIpc) is 3.12. The van der Waals surface area contributed by atoms with E-state index in [2.05, 4.69) is 5.32 Å². The van der Waals surface area contributed by atoms with E-state index in [4.69, 9.17) is 5.11 Å². The molecule has 0 aromatic carbocycles. The van der Waals surface area contributed by atoms with E-state index in [9.17, 15) is 9.59 Å². The van der Waals surface area contributed by atoms with Crippen molar-refractivity contribution in [1.82, 2.24) is 5.32 Å². The monoisotopic (exact) mass is 321 g/mol. The van der Waals surface area contributed by atoms with Gasteiger partial charge in [-0.1, -0.05) is 13.0 Å². The van der Waals surface area contributed by atoms with Crippen molar-refractivity contribution in [2.24, 2.45) is 0 Å². The van der Waals surface area contributed by atoms with E-state index in [0.717, 1.165) is 17.4 Å². The lowest BCUT2D eigenvalue weighted by Gasteiger charge is -2.15. The zero-order valence-electron chi connectivity index (χ0n) is 11.4. The molecule has 21 heavy (non-hydrogen) atoms. The predicted molar refractivity (Wildman–Crippen MR) is 85.8 cm³/mol. The number of amides is 1. The molecular weight excluding hydrogens is 306 g/mol. The number of aliphatic carboxylic acids is 1. The third-order valence-electron chi connectivity index (χ3n) is 2.91. The average molecular weight is 321 g/mol. The summed E-state index contributed by atoms with van der Waals surface area (Å²) in [4.78, 5) is 24.6. The topological polar surface area (TPSA) is 66.4 Å². The first-order valence-corrected chi connectivity index (χ1v) is 8.20. The molecule has 0 saturated heterocycles. The number of nitrogens with one attached hydrogen (secondary N) is 1. The van der Waals surface area contributed by atoms with Gasteiger partial charge in [0.1, 0.15) is 0 Å². The van der Waals surface area contributed by atoms with Gasteiger partial charge in [0.15, 0.2) is 0 Å². The van der Waals surface area contributed by atoms with E-state index in [0.29, 0.717) is 10.4 Å². The Kier molecular flexibility index (Phi) is 5.30. The number of thiophene rings is 2. The standard InChI is InChI=1S/C15H15NO3S2/c1-2-11(12-4-3-8-20-12)16-15(19)14-10(7-9-21-14)5-6-13(17)18/h3-9,11H,2H2,1H3,(H,16,19)(H,17,18). The Hall–Kier alpha value is -1.92. The lowest BCUT2D eigenvalue weighted by atomic mass is 10.1. The summed E-state index contributed by atoms with van der Waals surface area (Å²) in [6.07, 6.45) is 3.28. The summed E-state index contributed by atoms with van der Waals surface area (Å²) in [6, 6.07) is 5.68. The van der Waals surface area contributed by atoms with Crippen LogP contribution in [-0.2, 0) is 4.79 Å². The quantitative estimate of drug-likeness (QED) is 0.796. The van der Waals surface area contributed by atoms with Crippen LogP contribution < -0.4 is 5.32 Å². The number of hydrogen-bond donors (Lipinski definition) is 2. The molecule has 0 fully saturated rings. The zero-order chi connectivity index (χ0) is 15.2. The fraction of sp³-hybridized carbons (Fsp3) is 0.200. The lowest BCUT2D eigenvalue weighted by Crippen LogP contribution is -2.27. The molecule has 110 valence electrons. The highest BCUT2D eigenvalue weighted by atomic mass is 32.1. The number of carboxylic acid groups (broad SMARTS) is 1. The number of carboxylic acids is 1. The summed E-state index contributed by atoms with van der Waals surface area (Å²) >= 11 is 2.92. The molecule has 0 aliphatic rings. The Morgan fingerprint density at radius 1 is 1.33 bits per heavy atom. The molecule has 6 heteroatoms. The molecule has 1 amide bonds. The first-order chi connectivity index (χ1) is 10.1. The van der Waals surface area contributed by atoms with Crippen molar-refractivity contribution in [1.29, 1.82) is 0 Å². The second kappa shape index (κ2) is 7.19. The van der Waals surface area contributed by atoms with Crippen LogP contribution in [0, 0.1) is 0 Å². The maximum Gasteiger partial charge on any atom is 0.328 e. The van der Waals surface area contributed by atoms with Crippen LogP contribution in [0.1, 0.15) is 39.5 Å². The molecule has 0 radical (unpaired) electrons. The van der Waals surface area contributed by atoms with Gasteiger partial charge in [0.2, 0.25) is 0 Å². The smallest absolute Gasteiger partial charge is 0.328 e. The minimum atomic E-state index is -1.03. The van der Waals surface area contributed by atoms with Gasteiger partial charge in [-0.05, 0) is 41.0 Å². The fourth-order valence-corrected chi connectivity index (χ4v) is 3.53. The number of rotatable bonds is 6. The minimum absolute atomic E-state index is 0.0177. The molecule has 0 saturated carbocycles. The summed E-state index contributed by atoms with van der Waals surface area (Å²) in [5.74, 6) is -1.20. The molecular formula is C15H15NO3S2. The van der Waals surface area contributed by atoms with Gasteiger partial charge in [-0.3, -0.25) is 4.79 Å². The van der Waals surface area contributed by atoms with Crippen molar-refractivity contribution in [2.45, 2.75) is 19.4 Å².